The van der Waals surface area contributed by atoms with Gasteiger partial charge < -0.3 is 18.9 Å². The lowest BCUT2D eigenvalue weighted by Crippen LogP contribution is -2.39. The number of Topliss-reactive ketones (excluding diaryl/α,β-unsaturated/α-hetero) is 1. The monoisotopic (exact) mass is 556 g/mol. The van der Waals surface area contributed by atoms with Crippen molar-refractivity contribution >= 4 is 34.9 Å². The Morgan fingerprint density at radius 2 is 1.65 bits per heavy atom. The summed E-state index contributed by atoms with van der Waals surface area (Å²) >= 11 is 0. The maximum Gasteiger partial charge on any atom is 0.509 e. The third kappa shape index (κ3) is 7.94. The Hall–Kier alpha value is -3.66. The lowest BCUT2D eigenvalue weighted by Gasteiger charge is -2.36. The highest BCUT2D eigenvalue weighted by Gasteiger charge is 2.36. The molecule has 0 amide bonds. The van der Waals surface area contributed by atoms with Gasteiger partial charge in [0.25, 0.3) is 0 Å². The zero-order chi connectivity index (χ0) is 29.7. The topological polar surface area (TPSA) is 113 Å². The van der Waals surface area contributed by atoms with E-state index in [1.165, 1.54) is 7.11 Å². The van der Waals surface area contributed by atoms with Gasteiger partial charge in [0.1, 0.15) is 17.8 Å². The molecule has 40 heavy (non-hydrogen) atoms. The van der Waals surface area contributed by atoms with Crippen molar-refractivity contribution in [2.24, 2.45) is 0 Å². The number of hydrogen-bond acceptors (Lipinski definition) is 9. The highest BCUT2D eigenvalue weighted by Crippen LogP contribution is 2.39. The molecular weight excluding hydrogens is 516 g/mol. The van der Waals surface area contributed by atoms with E-state index in [9.17, 15) is 19.2 Å². The van der Waals surface area contributed by atoms with Crippen LogP contribution in [0.15, 0.2) is 36.4 Å². The zero-order valence-electron chi connectivity index (χ0n) is 24.4. The van der Waals surface area contributed by atoms with E-state index in [2.05, 4.69) is 9.64 Å². The van der Waals surface area contributed by atoms with Crippen LogP contribution in [0.4, 0.5) is 9.59 Å². The Morgan fingerprint density at radius 1 is 0.975 bits per heavy atom. The first-order valence-electron chi connectivity index (χ1n) is 13.4. The fourth-order valence-electron chi connectivity index (χ4n) is 4.72. The molecule has 0 saturated heterocycles. The van der Waals surface area contributed by atoms with E-state index in [1.54, 1.807) is 31.4 Å². The Kier molecular flexibility index (Phi) is 9.78. The summed E-state index contributed by atoms with van der Waals surface area (Å²) < 4.78 is 22.3. The average Bonchev–Trinajstić information content (AvgIpc) is 3.19. The first-order chi connectivity index (χ1) is 18.7. The summed E-state index contributed by atoms with van der Waals surface area (Å²) in [7, 11) is 1.18. The molecule has 0 aliphatic carbocycles. The predicted octanol–water partition coefficient (Wildman–Crippen LogP) is 5.35. The summed E-state index contributed by atoms with van der Waals surface area (Å²) in [6.45, 7) is 11.9. The summed E-state index contributed by atoms with van der Waals surface area (Å²) in [5, 5.41) is 0.952. The van der Waals surface area contributed by atoms with Crippen LogP contribution in [0.2, 0.25) is 0 Å². The molecule has 1 aromatic carbocycles. The van der Waals surface area contributed by atoms with Gasteiger partial charge in [-0.2, -0.15) is 0 Å². The van der Waals surface area contributed by atoms with Crippen molar-refractivity contribution in [3.63, 3.8) is 0 Å². The summed E-state index contributed by atoms with van der Waals surface area (Å²) in [6, 6.07) is 7.29. The standard InChI is InChI=1S/C30H40N2O8/c1-29(2,3)39-27(35)32-22-13-9-8-12-20(22)21-16-18-31(17-10-11-19-38-28(36)40-30(4,5)6)23(25(21)32)14-15-24(33)26(34)37-7/h8-13,23H,14-19H2,1-7H3/b11-10+/t23-/m0/s1. The number of hydrogen-bond donors (Lipinski definition) is 0. The number of ketones is 1. The second-order valence-electron chi connectivity index (χ2n) is 11.7. The van der Waals surface area contributed by atoms with Crippen LogP contribution in [-0.4, -0.2) is 71.5 Å². The predicted molar refractivity (Wildman–Crippen MR) is 149 cm³/mol. The molecule has 0 radical (unpaired) electrons. The quantitative estimate of drug-likeness (QED) is 0.184. The van der Waals surface area contributed by atoms with E-state index >= 15 is 0 Å². The van der Waals surface area contributed by atoms with Gasteiger partial charge in [0.2, 0.25) is 5.78 Å². The van der Waals surface area contributed by atoms with Gasteiger partial charge >= 0.3 is 18.2 Å². The van der Waals surface area contributed by atoms with Crippen molar-refractivity contribution in [3.05, 3.63) is 47.7 Å². The number of aromatic nitrogens is 1. The van der Waals surface area contributed by atoms with Gasteiger partial charge in [-0.1, -0.05) is 24.3 Å². The Labute approximate surface area is 235 Å². The molecular formula is C30H40N2O8. The number of benzene rings is 1. The minimum atomic E-state index is -0.894. The molecule has 0 unspecified atom stereocenters. The number of ether oxygens (including phenoxy) is 4. The van der Waals surface area contributed by atoms with Crippen molar-refractivity contribution < 1.29 is 38.1 Å². The van der Waals surface area contributed by atoms with Crippen molar-refractivity contribution in [2.75, 3.05) is 26.8 Å². The third-order valence-corrected chi connectivity index (χ3v) is 6.25. The number of carbonyl (C=O) groups is 4. The maximum absolute atomic E-state index is 13.5. The lowest BCUT2D eigenvalue weighted by atomic mass is 9.93. The fraction of sp³-hybridized carbons (Fsp3) is 0.533. The molecule has 0 fully saturated rings. The molecule has 0 saturated carbocycles. The van der Waals surface area contributed by atoms with Crippen molar-refractivity contribution in [3.8, 4) is 0 Å². The molecule has 1 atom stereocenters. The van der Waals surface area contributed by atoms with Crippen molar-refractivity contribution in [1.82, 2.24) is 9.47 Å². The summed E-state index contributed by atoms with van der Waals surface area (Å²) in [5.74, 6) is -1.52. The molecule has 0 spiro atoms. The molecule has 1 aliphatic heterocycles. The van der Waals surface area contributed by atoms with E-state index in [0.29, 0.717) is 25.9 Å². The highest BCUT2D eigenvalue weighted by atomic mass is 16.7. The van der Waals surface area contributed by atoms with E-state index in [4.69, 9.17) is 14.2 Å². The number of nitrogens with zero attached hydrogens (tertiary/aromatic N) is 2. The second-order valence-corrected chi connectivity index (χ2v) is 11.7. The first-order valence-corrected chi connectivity index (χ1v) is 13.4. The molecule has 1 aromatic heterocycles. The molecule has 3 rings (SSSR count). The van der Waals surface area contributed by atoms with Gasteiger partial charge in [-0.05, 0) is 72.1 Å². The van der Waals surface area contributed by atoms with Crippen molar-refractivity contribution in [1.29, 1.82) is 0 Å². The average molecular weight is 557 g/mol. The molecule has 2 heterocycles. The summed E-state index contributed by atoms with van der Waals surface area (Å²) in [5.41, 5.74) is 1.14. The smallest absolute Gasteiger partial charge is 0.463 e. The fourth-order valence-corrected chi connectivity index (χ4v) is 4.72. The first kappa shape index (κ1) is 30.9. The van der Waals surface area contributed by atoms with Crippen LogP contribution in [0.3, 0.4) is 0 Å². The van der Waals surface area contributed by atoms with Gasteiger partial charge in [0.05, 0.1) is 24.4 Å². The van der Waals surface area contributed by atoms with Gasteiger partial charge in [0, 0.05) is 24.9 Å². The van der Waals surface area contributed by atoms with Crippen LogP contribution < -0.4 is 0 Å². The molecule has 1 aliphatic rings. The highest BCUT2D eigenvalue weighted by molar-refractivity contribution is 6.33. The van der Waals surface area contributed by atoms with E-state index in [-0.39, 0.29) is 19.1 Å². The number of rotatable bonds is 8. The second kappa shape index (κ2) is 12.7. The van der Waals surface area contributed by atoms with Gasteiger partial charge in [-0.25, -0.2) is 19.0 Å². The van der Waals surface area contributed by atoms with Crippen LogP contribution in [0.25, 0.3) is 10.9 Å². The zero-order valence-corrected chi connectivity index (χ0v) is 24.4. The van der Waals surface area contributed by atoms with Crippen LogP contribution >= 0.6 is 0 Å². The lowest BCUT2D eigenvalue weighted by molar-refractivity contribution is -0.151. The maximum atomic E-state index is 13.5. The Balaban J connectivity index is 1.92. The third-order valence-electron chi connectivity index (χ3n) is 6.25. The molecule has 10 heteroatoms. The van der Waals surface area contributed by atoms with Crippen LogP contribution in [0.1, 0.15) is 71.7 Å². The van der Waals surface area contributed by atoms with E-state index in [0.717, 1.165) is 22.2 Å². The summed E-state index contributed by atoms with van der Waals surface area (Å²) in [6.07, 6.45) is 3.26. The Morgan fingerprint density at radius 3 is 2.30 bits per heavy atom. The molecule has 218 valence electrons. The number of fused-ring (bicyclic) bond motifs is 3. The van der Waals surface area contributed by atoms with Crippen LogP contribution in [0, 0.1) is 0 Å². The number of carbonyl (C=O) groups excluding carboxylic acids is 4. The largest absolute Gasteiger partial charge is 0.509 e. The van der Waals surface area contributed by atoms with E-state index < -0.39 is 35.2 Å². The number of esters is 1. The summed E-state index contributed by atoms with van der Waals surface area (Å²) in [4.78, 5) is 51.7. The molecule has 0 bridgehead atoms. The van der Waals surface area contributed by atoms with Crippen LogP contribution in [0.5, 0.6) is 0 Å². The minimum Gasteiger partial charge on any atom is -0.463 e. The van der Waals surface area contributed by atoms with Crippen LogP contribution in [-0.2, 0) is 35.0 Å². The SMILES string of the molecule is COC(=O)C(=O)CC[C@H]1c2c(c3ccccc3n2C(=O)OC(C)(C)C)CCN1C/C=C/COC(=O)OC(C)(C)C. The number of para-hydroxylation sites is 1. The van der Waals surface area contributed by atoms with E-state index in [1.807, 2.05) is 51.1 Å². The Bertz CT molecular complexity index is 1280. The number of methoxy groups -OCH3 is 1. The molecule has 2 aromatic rings. The van der Waals surface area contributed by atoms with Gasteiger partial charge in [-0.3, -0.25) is 9.69 Å². The normalized spacial score (nSPS) is 16.0. The minimum absolute atomic E-state index is 0.0394. The molecule has 0 N–H and O–H groups in total. The molecule has 10 nitrogen and oxygen atoms in total. The van der Waals surface area contributed by atoms with Gasteiger partial charge in [0.15, 0.2) is 0 Å². The van der Waals surface area contributed by atoms with Gasteiger partial charge in [-0.15, -0.1) is 0 Å². The van der Waals surface area contributed by atoms with Crippen molar-refractivity contribution in [2.45, 2.75) is 78.0 Å².